The minimum Gasteiger partial charge on any atom is -0.542 e. The largest absolute Gasteiger partial charge is 1.00 e. The van der Waals surface area contributed by atoms with E-state index >= 15 is 0 Å². The molecule has 0 aliphatic carbocycles. The first-order valence-electron chi connectivity index (χ1n) is 18.1. The fourth-order valence-corrected chi connectivity index (χ4v) is 11.3. The van der Waals surface area contributed by atoms with E-state index in [1.807, 2.05) is 38.2 Å². The molecule has 0 fully saturated rings. The van der Waals surface area contributed by atoms with Gasteiger partial charge in [0, 0.05) is 6.04 Å². The Morgan fingerprint density at radius 1 is 0.780 bits per heavy atom. The normalized spacial score (nSPS) is 16.9. The zero-order valence-electron chi connectivity index (χ0n) is 33.8. The summed E-state index contributed by atoms with van der Waals surface area (Å²) in [6.45, 7) is 23.7. The van der Waals surface area contributed by atoms with E-state index in [9.17, 15) is 9.90 Å². The number of aliphatic carboxylic acids is 1. The number of allylic oxidation sites excluding steroid dienone is 14. The molecule has 0 rings (SSSR count). The van der Waals surface area contributed by atoms with Crippen LogP contribution in [0.4, 0.5) is 0 Å². The Balaban J connectivity index is 0. The van der Waals surface area contributed by atoms with Gasteiger partial charge < -0.3 is 29.2 Å². The zero-order chi connectivity index (χ0) is 37.5. The predicted molar refractivity (Wildman–Crippen MR) is 214 cm³/mol. The first-order chi connectivity index (χ1) is 23.1. The first kappa shape index (κ1) is 51.0. The van der Waals surface area contributed by atoms with Gasteiger partial charge in [0.25, 0.3) is 0 Å². The first-order valence-corrected chi connectivity index (χ1v) is 23.2. The van der Waals surface area contributed by atoms with Crippen LogP contribution < -0.4 is 62.2 Å². The molecule has 0 amide bonds. The van der Waals surface area contributed by atoms with Gasteiger partial charge in [-0.05, 0) is 89.0 Å². The van der Waals surface area contributed by atoms with Crippen molar-refractivity contribution in [1.29, 1.82) is 0 Å². The Kier molecular flexibility index (Phi) is 28.0. The minimum absolute atomic E-state index is 0. The van der Waals surface area contributed by atoms with Crippen molar-refractivity contribution in [2.45, 2.75) is 137 Å². The van der Waals surface area contributed by atoms with Crippen LogP contribution in [0, 0.1) is 0 Å². The predicted octanol–water partition coefficient (Wildman–Crippen LogP) is 6.80. The van der Waals surface area contributed by atoms with Crippen molar-refractivity contribution in [2.24, 2.45) is 5.73 Å². The van der Waals surface area contributed by atoms with Crippen LogP contribution in [0.3, 0.4) is 0 Å². The summed E-state index contributed by atoms with van der Waals surface area (Å²) in [6.07, 6.45) is 28.8. The molecular weight excluding hydrogens is 682 g/mol. The van der Waals surface area contributed by atoms with Crippen LogP contribution >= 0.6 is 0 Å². The third kappa shape index (κ3) is 19.6. The van der Waals surface area contributed by atoms with E-state index in [1.165, 1.54) is 18.8 Å². The summed E-state index contributed by atoms with van der Waals surface area (Å²) in [5.41, 5.74) is 8.25. The third-order valence-corrected chi connectivity index (χ3v) is 18.7. The molecule has 0 aliphatic heterocycles. The average Bonchev–Trinajstić information content (AvgIpc) is 3.08. The van der Waals surface area contributed by atoms with E-state index in [4.69, 9.17) is 19.3 Å². The number of ether oxygens (including phenoxy) is 1. The molecule has 0 bridgehead atoms. The van der Waals surface area contributed by atoms with Crippen molar-refractivity contribution < 1.29 is 74.9 Å². The molecule has 0 radical (unpaired) electrons. The van der Waals surface area contributed by atoms with Gasteiger partial charge in [-0.15, -0.1) is 0 Å². The molecule has 0 spiro atoms. The van der Waals surface area contributed by atoms with Crippen LogP contribution in [0.2, 0.25) is 36.3 Å². The van der Waals surface area contributed by atoms with Gasteiger partial charge in [0.1, 0.15) is 17.3 Å². The van der Waals surface area contributed by atoms with Crippen LogP contribution in [-0.2, 0) is 18.4 Å². The molecule has 0 aromatic carbocycles. The second-order valence-corrected chi connectivity index (χ2v) is 22.6. The Labute approximate surface area is 351 Å². The quantitative estimate of drug-likeness (QED) is 0.0506. The fourth-order valence-electron chi connectivity index (χ4n) is 5.43. The minimum atomic E-state index is -2.06. The number of rotatable bonds is 24. The number of methoxy groups -OCH3 is 1. The molecule has 276 valence electrons. The van der Waals surface area contributed by atoms with E-state index < -0.39 is 28.2 Å². The zero-order valence-corrected chi connectivity index (χ0v) is 38.9. The van der Waals surface area contributed by atoms with Crippen molar-refractivity contribution in [1.82, 2.24) is 0 Å². The Morgan fingerprint density at radius 2 is 1.32 bits per heavy atom. The van der Waals surface area contributed by atoms with Gasteiger partial charge in [0.05, 0.1) is 13.2 Å². The molecule has 2 N–H and O–H groups in total. The number of carboxylic acid groups (broad SMARTS) is 1. The number of hydrogen-bond acceptors (Lipinski definition) is 6. The molecule has 0 aliphatic rings. The molecule has 6 nitrogen and oxygen atoms in total. The Morgan fingerprint density at radius 3 is 1.82 bits per heavy atom. The van der Waals surface area contributed by atoms with E-state index in [0.29, 0.717) is 0 Å². The number of carboxylic acids is 1. The maximum absolute atomic E-state index is 11.2. The van der Waals surface area contributed by atoms with Gasteiger partial charge in [-0.2, -0.15) is 0 Å². The number of nitrogens with two attached hydrogens (primary N) is 1. The molecule has 3 atom stereocenters. The smallest absolute Gasteiger partial charge is 0.542 e. The Hall–Kier alpha value is -1.12. The maximum Gasteiger partial charge on any atom is 1.00 e. The summed E-state index contributed by atoms with van der Waals surface area (Å²) in [5.74, 6) is -1.56. The molecular formula is C41H68KNO5Si2. The van der Waals surface area contributed by atoms with Gasteiger partial charge in [0.15, 0.2) is 16.6 Å². The fraction of sp³-hybridized carbons (Fsp3) is 0.537. The maximum atomic E-state index is 11.2. The summed E-state index contributed by atoms with van der Waals surface area (Å²) >= 11 is 0. The van der Waals surface area contributed by atoms with Crippen LogP contribution in [0.1, 0.15) is 82.6 Å². The van der Waals surface area contributed by atoms with Gasteiger partial charge >= 0.3 is 51.4 Å². The molecule has 0 saturated heterocycles. The third-order valence-electron chi connectivity index (χ3n) is 9.32. The number of carbonyl (C=O) groups is 1. The van der Waals surface area contributed by atoms with Crippen molar-refractivity contribution in [3.8, 4) is 0 Å². The summed E-state index contributed by atoms with van der Waals surface area (Å²) in [4.78, 5) is 11.2. The standard InChI is InChI=1S/C41H69NO5Si2.K/c1-13-48(14-2,15-3)46-39(29-22-21-25-34(7)27-24-28-35(8)30-31-37(10)42)41(11,47-49(16-4,17-5)18-6)32-23-19-20-26-36(9)33-38(45-12)40(43)44;/h19-30,32-33,37,39H,13-18,31,42H2,1-12H3,(H,43,44);/q;+1/p-1/b20-19+,25-21+,28-24+,29-22-,32-23+,34-27+,35-30+,36-26+,38-33-;/t37-,39-,41+;/m0./s1. The second kappa shape index (κ2) is 27.5. The van der Waals surface area contributed by atoms with Gasteiger partial charge in [-0.3, -0.25) is 0 Å². The van der Waals surface area contributed by atoms with Gasteiger partial charge in [0.2, 0.25) is 0 Å². The van der Waals surface area contributed by atoms with Crippen LogP contribution in [-0.4, -0.2) is 47.5 Å². The van der Waals surface area contributed by atoms with Gasteiger partial charge in [-0.25, -0.2) is 0 Å². The molecule has 0 aromatic rings. The topological polar surface area (TPSA) is 93.8 Å². The van der Waals surface area contributed by atoms with Crippen LogP contribution in [0.15, 0.2) is 108 Å². The summed E-state index contributed by atoms with van der Waals surface area (Å²) < 4.78 is 19.5. The summed E-state index contributed by atoms with van der Waals surface area (Å²) in [6, 6.07) is 6.36. The summed E-state index contributed by atoms with van der Waals surface area (Å²) in [5, 5.41) is 11.2. The SMILES string of the molecule is CC[Si](CC)(CC)O[C@@H](\C=C/C=C/C(C)=C/C=C/C(C)=C/C[C@H](C)N)[C@@](C)(/C=C/C=C/C=C(C)/C=C(\OC)C(=O)[O-])O[Si](CC)(CC)CC.[K+]. The number of carbonyl (C=O) groups excluding carboxylic acids is 1. The van der Waals surface area contributed by atoms with E-state index in [0.717, 1.165) is 53.8 Å². The van der Waals surface area contributed by atoms with Crippen LogP contribution in [0.25, 0.3) is 0 Å². The molecule has 0 saturated carbocycles. The van der Waals surface area contributed by atoms with E-state index in [1.54, 1.807) is 0 Å². The molecule has 0 aromatic heterocycles. The van der Waals surface area contributed by atoms with E-state index in [2.05, 4.69) is 117 Å². The van der Waals surface area contributed by atoms with Crippen molar-refractivity contribution in [3.63, 3.8) is 0 Å². The van der Waals surface area contributed by atoms with E-state index in [-0.39, 0.29) is 69.3 Å². The Bertz CT molecular complexity index is 1250. The molecule has 50 heavy (non-hydrogen) atoms. The number of hydrogen-bond donors (Lipinski definition) is 1. The van der Waals surface area contributed by atoms with Crippen molar-refractivity contribution in [2.75, 3.05) is 7.11 Å². The summed E-state index contributed by atoms with van der Waals surface area (Å²) in [7, 11) is -2.77. The van der Waals surface area contributed by atoms with Crippen molar-refractivity contribution >= 4 is 22.6 Å². The van der Waals surface area contributed by atoms with Gasteiger partial charge in [-0.1, -0.05) is 132 Å². The van der Waals surface area contributed by atoms with Crippen LogP contribution in [0.5, 0.6) is 0 Å². The molecule has 0 heterocycles. The average molecular weight is 750 g/mol. The second-order valence-electron chi connectivity index (χ2n) is 13.1. The monoisotopic (exact) mass is 749 g/mol. The molecule has 0 unspecified atom stereocenters. The van der Waals surface area contributed by atoms with Crippen molar-refractivity contribution in [3.05, 3.63) is 108 Å². The molecule has 9 heteroatoms.